The Bertz CT molecular complexity index is 836. The zero-order valence-electron chi connectivity index (χ0n) is 14.0. The first kappa shape index (κ1) is 18.6. The van der Waals surface area contributed by atoms with E-state index in [2.05, 4.69) is 0 Å². The molecule has 0 unspecified atom stereocenters. The summed E-state index contributed by atoms with van der Waals surface area (Å²) in [5.74, 6) is 1.17. The van der Waals surface area contributed by atoms with Gasteiger partial charge < -0.3 is 9.47 Å². The van der Waals surface area contributed by atoms with Gasteiger partial charge in [-0.3, -0.25) is 0 Å². The minimum absolute atomic E-state index is 0.163. The molecule has 0 saturated heterocycles. The first-order valence-corrected chi connectivity index (χ1v) is 9.04. The molecule has 2 aromatic rings. The second kappa shape index (κ2) is 7.42. The van der Waals surface area contributed by atoms with Crippen molar-refractivity contribution in [2.75, 3.05) is 21.3 Å². The maximum atomic E-state index is 12.7. The predicted octanol–water partition coefficient (Wildman–Crippen LogP) is 3.49. The van der Waals surface area contributed by atoms with Gasteiger partial charge in [-0.15, -0.1) is 0 Å². The lowest BCUT2D eigenvalue weighted by Gasteiger charge is -2.20. The zero-order valence-corrected chi connectivity index (χ0v) is 15.6. The van der Waals surface area contributed by atoms with Crippen LogP contribution in [0.1, 0.15) is 11.1 Å². The average molecular weight is 370 g/mol. The van der Waals surface area contributed by atoms with Gasteiger partial charge in [-0.25, -0.2) is 8.42 Å². The third kappa shape index (κ3) is 3.83. The predicted molar refractivity (Wildman–Crippen MR) is 94.4 cm³/mol. The number of halogens is 1. The molecule has 0 saturated carbocycles. The standard InChI is InChI=1S/C17H20ClNO4S/c1-12-8-16(22-3)17(23-4)9-13(12)11-19(2)24(20,21)15-7-5-6-14(18)10-15/h5-10H,11H2,1-4H3. The smallest absolute Gasteiger partial charge is 0.243 e. The summed E-state index contributed by atoms with van der Waals surface area (Å²) in [4.78, 5) is 0.163. The molecule has 0 aromatic heterocycles. The van der Waals surface area contributed by atoms with Crippen molar-refractivity contribution in [3.05, 3.63) is 52.5 Å². The molecule has 130 valence electrons. The number of rotatable bonds is 6. The molecule has 0 N–H and O–H groups in total. The van der Waals surface area contributed by atoms with Crippen molar-refractivity contribution in [1.82, 2.24) is 4.31 Å². The maximum Gasteiger partial charge on any atom is 0.243 e. The second-order valence-corrected chi connectivity index (χ2v) is 7.83. The normalized spacial score (nSPS) is 11.6. The van der Waals surface area contributed by atoms with Crippen LogP contribution in [-0.2, 0) is 16.6 Å². The van der Waals surface area contributed by atoms with Crippen LogP contribution in [0.4, 0.5) is 0 Å². The molecule has 0 spiro atoms. The fourth-order valence-electron chi connectivity index (χ4n) is 2.33. The summed E-state index contributed by atoms with van der Waals surface area (Å²) in [5, 5.41) is 0.381. The Hall–Kier alpha value is -1.76. The van der Waals surface area contributed by atoms with Crippen LogP contribution in [0.15, 0.2) is 41.3 Å². The van der Waals surface area contributed by atoms with E-state index in [1.54, 1.807) is 32.4 Å². The molecule has 0 fully saturated rings. The molecule has 2 aromatic carbocycles. The lowest BCUT2D eigenvalue weighted by Crippen LogP contribution is -2.26. The molecule has 0 amide bonds. The molecule has 0 aliphatic heterocycles. The van der Waals surface area contributed by atoms with Crippen LogP contribution in [-0.4, -0.2) is 34.0 Å². The molecule has 0 aliphatic rings. The maximum absolute atomic E-state index is 12.7. The van der Waals surface area contributed by atoms with Gasteiger partial charge in [-0.2, -0.15) is 4.31 Å². The van der Waals surface area contributed by atoms with Crippen molar-refractivity contribution in [2.24, 2.45) is 0 Å². The molecule has 0 bridgehead atoms. The van der Waals surface area contributed by atoms with E-state index >= 15 is 0 Å². The number of nitrogens with zero attached hydrogens (tertiary/aromatic N) is 1. The van der Waals surface area contributed by atoms with E-state index in [0.29, 0.717) is 16.5 Å². The van der Waals surface area contributed by atoms with E-state index < -0.39 is 10.0 Å². The quantitative estimate of drug-likeness (QED) is 0.782. The lowest BCUT2D eigenvalue weighted by atomic mass is 10.1. The molecule has 5 nitrogen and oxygen atoms in total. The van der Waals surface area contributed by atoms with Crippen molar-refractivity contribution >= 4 is 21.6 Å². The van der Waals surface area contributed by atoms with E-state index in [-0.39, 0.29) is 11.4 Å². The number of methoxy groups -OCH3 is 2. The van der Waals surface area contributed by atoms with Crippen LogP contribution < -0.4 is 9.47 Å². The highest BCUT2D eigenvalue weighted by Gasteiger charge is 2.22. The van der Waals surface area contributed by atoms with E-state index in [1.807, 2.05) is 13.0 Å². The summed E-state index contributed by atoms with van der Waals surface area (Å²) in [6, 6.07) is 9.84. The highest BCUT2D eigenvalue weighted by atomic mass is 35.5. The molecule has 0 radical (unpaired) electrons. The Kier molecular flexibility index (Phi) is 5.74. The van der Waals surface area contributed by atoms with Gasteiger partial charge in [-0.1, -0.05) is 17.7 Å². The van der Waals surface area contributed by atoms with Crippen LogP contribution in [0.5, 0.6) is 11.5 Å². The van der Waals surface area contributed by atoms with Crippen LogP contribution in [0.25, 0.3) is 0 Å². The van der Waals surface area contributed by atoms with Crippen molar-refractivity contribution in [3.8, 4) is 11.5 Å². The van der Waals surface area contributed by atoms with Gasteiger partial charge in [0, 0.05) is 18.6 Å². The van der Waals surface area contributed by atoms with Gasteiger partial charge >= 0.3 is 0 Å². The molecule has 0 aliphatic carbocycles. The van der Waals surface area contributed by atoms with Crippen molar-refractivity contribution < 1.29 is 17.9 Å². The molecule has 2 rings (SSSR count). The Morgan fingerprint density at radius 3 is 2.29 bits per heavy atom. The molecule has 0 heterocycles. The summed E-state index contributed by atoms with van der Waals surface area (Å²) in [6.07, 6.45) is 0. The summed E-state index contributed by atoms with van der Waals surface area (Å²) in [5.41, 5.74) is 1.75. The summed E-state index contributed by atoms with van der Waals surface area (Å²) < 4.78 is 37.2. The molecule has 7 heteroatoms. The largest absolute Gasteiger partial charge is 0.493 e. The van der Waals surface area contributed by atoms with Crippen molar-refractivity contribution in [2.45, 2.75) is 18.4 Å². The number of sulfonamides is 1. The fourth-order valence-corrected chi connectivity index (χ4v) is 3.78. The van der Waals surface area contributed by atoms with E-state index in [4.69, 9.17) is 21.1 Å². The molecule has 0 atom stereocenters. The number of hydrogen-bond donors (Lipinski definition) is 0. The monoisotopic (exact) mass is 369 g/mol. The highest BCUT2D eigenvalue weighted by molar-refractivity contribution is 7.89. The van der Waals surface area contributed by atoms with Crippen LogP contribution in [0.2, 0.25) is 5.02 Å². The number of ether oxygens (including phenoxy) is 2. The minimum Gasteiger partial charge on any atom is -0.493 e. The van der Waals surface area contributed by atoms with Crippen LogP contribution >= 0.6 is 11.6 Å². The average Bonchev–Trinajstić information content (AvgIpc) is 2.56. The SMILES string of the molecule is COc1cc(C)c(CN(C)S(=O)(=O)c2cccc(Cl)c2)cc1OC. The van der Waals surface area contributed by atoms with Crippen LogP contribution in [0, 0.1) is 6.92 Å². The Morgan fingerprint density at radius 2 is 1.71 bits per heavy atom. The van der Waals surface area contributed by atoms with Crippen LogP contribution in [0.3, 0.4) is 0 Å². The van der Waals surface area contributed by atoms with Gasteiger partial charge in [0.15, 0.2) is 11.5 Å². The van der Waals surface area contributed by atoms with E-state index in [0.717, 1.165) is 11.1 Å². The van der Waals surface area contributed by atoms with Gasteiger partial charge in [-0.05, 0) is 48.4 Å². The number of aryl methyl sites for hydroxylation is 1. The van der Waals surface area contributed by atoms with Gasteiger partial charge in [0.2, 0.25) is 10.0 Å². The Balaban J connectivity index is 2.34. The lowest BCUT2D eigenvalue weighted by molar-refractivity contribution is 0.353. The number of benzene rings is 2. The first-order valence-electron chi connectivity index (χ1n) is 7.23. The topological polar surface area (TPSA) is 55.8 Å². The third-order valence-electron chi connectivity index (χ3n) is 3.74. The summed E-state index contributed by atoms with van der Waals surface area (Å²) >= 11 is 5.90. The van der Waals surface area contributed by atoms with Crippen molar-refractivity contribution in [3.63, 3.8) is 0 Å². The summed E-state index contributed by atoms with van der Waals surface area (Å²) in [7, 11) is 1.01. The van der Waals surface area contributed by atoms with E-state index in [1.165, 1.54) is 23.5 Å². The van der Waals surface area contributed by atoms with Gasteiger partial charge in [0.1, 0.15) is 0 Å². The number of hydrogen-bond acceptors (Lipinski definition) is 4. The van der Waals surface area contributed by atoms with E-state index in [9.17, 15) is 8.42 Å². The molecular formula is C17H20ClNO4S. The Labute approximate surface area is 147 Å². The molecule has 24 heavy (non-hydrogen) atoms. The van der Waals surface area contributed by atoms with Crippen molar-refractivity contribution in [1.29, 1.82) is 0 Å². The first-order chi connectivity index (χ1) is 11.3. The summed E-state index contributed by atoms with van der Waals surface area (Å²) in [6.45, 7) is 2.11. The molecular weight excluding hydrogens is 350 g/mol. The highest BCUT2D eigenvalue weighted by Crippen LogP contribution is 2.31. The van der Waals surface area contributed by atoms with Gasteiger partial charge in [0.25, 0.3) is 0 Å². The Morgan fingerprint density at radius 1 is 1.08 bits per heavy atom. The minimum atomic E-state index is -3.63. The van der Waals surface area contributed by atoms with Gasteiger partial charge in [0.05, 0.1) is 19.1 Å². The third-order valence-corrected chi connectivity index (χ3v) is 5.77. The second-order valence-electron chi connectivity index (χ2n) is 5.35. The zero-order chi connectivity index (χ0) is 17.9. The fraction of sp³-hybridized carbons (Fsp3) is 0.294.